The molecule has 0 saturated carbocycles. The van der Waals surface area contributed by atoms with Crippen LogP contribution in [0.2, 0.25) is 0 Å². The highest BCUT2D eigenvalue weighted by Gasteiger charge is 2.08. The summed E-state index contributed by atoms with van der Waals surface area (Å²) in [6.07, 6.45) is 0. The van der Waals surface area contributed by atoms with Crippen LogP contribution in [0.25, 0.3) is 0 Å². The minimum Gasteiger partial charge on any atom is -0.506 e. The van der Waals surface area contributed by atoms with Gasteiger partial charge < -0.3 is 14.6 Å². The third kappa shape index (κ3) is 3.19. The summed E-state index contributed by atoms with van der Waals surface area (Å²) in [5, 5.41) is 26.3. The molecule has 2 N–H and O–H groups in total. The number of aromatic hydroxyl groups is 1. The molecule has 9 heteroatoms. The summed E-state index contributed by atoms with van der Waals surface area (Å²) in [6.45, 7) is 0. The Bertz CT molecular complexity index is 599. The Morgan fingerprint density at radius 1 is 1.26 bits per heavy atom. The molecule has 2 rings (SSSR count). The lowest BCUT2D eigenvalue weighted by Crippen LogP contribution is -2.07. The minimum absolute atomic E-state index is 0.0554. The normalized spacial score (nSPS) is 11.1. The fourth-order valence-corrected chi connectivity index (χ4v) is 2.17. The number of azo groups is 1. The Morgan fingerprint density at radius 2 is 2.05 bits per heavy atom. The first-order chi connectivity index (χ1) is 9.11. The van der Waals surface area contributed by atoms with Crippen molar-refractivity contribution in [3.8, 4) is 5.75 Å². The average Bonchev–Trinajstić information content (AvgIpc) is 2.86. The molecule has 1 aromatic heterocycles. The van der Waals surface area contributed by atoms with E-state index in [0.717, 1.165) is 0 Å². The Balaban J connectivity index is 2.27. The summed E-state index contributed by atoms with van der Waals surface area (Å²) in [4.78, 5) is 2.23. The van der Waals surface area contributed by atoms with E-state index in [0.29, 0.717) is 27.2 Å². The molecule has 0 spiro atoms. The highest BCUT2D eigenvalue weighted by Crippen LogP contribution is 2.37. The van der Waals surface area contributed by atoms with Crippen LogP contribution in [0.3, 0.4) is 0 Å². The first-order valence-corrected chi connectivity index (χ1v) is 6.76. The Morgan fingerprint density at radius 3 is 2.68 bits per heavy atom. The zero-order valence-electron chi connectivity index (χ0n) is 10.2. The topological polar surface area (TPSA) is 94.2 Å². The maximum atomic E-state index is 9.67. The van der Waals surface area contributed by atoms with Crippen molar-refractivity contribution in [2.24, 2.45) is 10.2 Å². The van der Waals surface area contributed by atoms with Gasteiger partial charge in [0.05, 0.1) is 4.90 Å². The largest absolute Gasteiger partial charge is 0.506 e. The highest BCUT2D eigenvalue weighted by atomic mass is 32.2. The van der Waals surface area contributed by atoms with Crippen LogP contribution in [0.1, 0.15) is 0 Å². The molecule has 2 aromatic rings. The Hall–Kier alpha value is -1.71. The van der Waals surface area contributed by atoms with E-state index in [4.69, 9.17) is 4.55 Å². The first-order valence-electron chi connectivity index (χ1n) is 5.18. The van der Waals surface area contributed by atoms with Crippen LogP contribution in [0.15, 0.2) is 33.3 Å². The van der Waals surface area contributed by atoms with Gasteiger partial charge in [0, 0.05) is 26.1 Å². The van der Waals surface area contributed by atoms with Gasteiger partial charge in [0.25, 0.3) is 5.13 Å². The van der Waals surface area contributed by atoms with Crippen LogP contribution >= 0.6 is 23.4 Å². The quantitative estimate of drug-likeness (QED) is 0.664. The van der Waals surface area contributed by atoms with Gasteiger partial charge in [-0.05, 0) is 12.1 Å². The molecule has 0 aliphatic rings. The fourth-order valence-electron chi connectivity index (χ4n) is 1.21. The standard InChI is InChI=1S/C10H11N5O2S2/c1-15(2)10-14-13-9(18-10)12-11-8-6(16)4-3-5-7(8)19-17/h3-5,16-17H,1-2H3. The molecular formula is C10H11N5O2S2. The second kappa shape index (κ2) is 5.95. The number of hydrogen-bond acceptors (Lipinski definition) is 9. The monoisotopic (exact) mass is 297 g/mol. The molecule has 0 atom stereocenters. The number of benzene rings is 1. The van der Waals surface area contributed by atoms with Gasteiger partial charge in [0.2, 0.25) is 5.13 Å². The molecule has 0 aliphatic carbocycles. The summed E-state index contributed by atoms with van der Waals surface area (Å²) in [5.41, 5.74) is 0.205. The number of phenols is 1. The van der Waals surface area contributed by atoms with Gasteiger partial charge in [-0.3, -0.25) is 0 Å². The van der Waals surface area contributed by atoms with Gasteiger partial charge >= 0.3 is 0 Å². The summed E-state index contributed by atoms with van der Waals surface area (Å²) in [7, 11) is 3.70. The Labute approximate surface area is 117 Å². The molecule has 0 aliphatic heterocycles. The first kappa shape index (κ1) is 13.7. The fraction of sp³-hybridized carbons (Fsp3) is 0.200. The van der Waals surface area contributed by atoms with E-state index in [1.165, 1.54) is 17.4 Å². The zero-order chi connectivity index (χ0) is 13.8. The molecule has 0 radical (unpaired) electrons. The third-order valence-electron chi connectivity index (χ3n) is 2.10. The maximum Gasteiger partial charge on any atom is 0.253 e. The molecule has 0 amide bonds. The number of aromatic nitrogens is 2. The number of nitrogens with zero attached hydrogens (tertiary/aromatic N) is 5. The third-order valence-corrected chi connectivity index (χ3v) is 3.60. The lowest BCUT2D eigenvalue weighted by molar-refractivity contribution is 0.474. The van der Waals surface area contributed by atoms with Gasteiger partial charge in [-0.15, -0.1) is 20.4 Å². The molecule has 7 nitrogen and oxygen atoms in total. The van der Waals surface area contributed by atoms with Crippen LogP contribution in [0.4, 0.5) is 16.0 Å². The van der Waals surface area contributed by atoms with Gasteiger partial charge in [0.1, 0.15) is 11.4 Å². The van der Waals surface area contributed by atoms with Gasteiger partial charge in [0.15, 0.2) is 0 Å². The lowest BCUT2D eigenvalue weighted by Gasteiger charge is -2.03. The van der Waals surface area contributed by atoms with Crippen LogP contribution in [-0.4, -0.2) is 34.0 Å². The average molecular weight is 297 g/mol. The molecule has 1 aromatic carbocycles. The van der Waals surface area contributed by atoms with Crippen molar-refractivity contribution in [3.63, 3.8) is 0 Å². The van der Waals surface area contributed by atoms with Crippen molar-refractivity contribution < 1.29 is 9.66 Å². The molecule has 100 valence electrons. The molecular weight excluding hydrogens is 286 g/mol. The van der Waals surface area contributed by atoms with Crippen LogP contribution in [0, 0.1) is 0 Å². The summed E-state index contributed by atoms with van der Waals surface area (Å²) in [6, 6.07) is 4.71. The molecule has 0 bridgehead atoms. The van der Waals surface area contributed by atoms with Crippen molar-refractivity contribution in [1.82, 2.24) is 10.2 Å². The molecule has 0 fully saturated rings. The van der Waals surface area contributed by atoms with E-state index in [9.17, 15) is 5.11 Å². The van der Waals surface area contributed by atoms with E-state index in [-0.39, 0.29) is 11.4 Å². The van der Waals surface area contributed by atoms with Crippen LogP contribution in [-0.2, 0) is 0 Å². The molecule has 0 saturated heterocycles. The van der Waals surface area contributed by atoms with Gasteiger partial charge in [-0.2, -0.15) is 0 Å². The smallest absolute Gasteiger partial charge is 0.253 e. The number of rotatable bonds is 4. The van der Waals surface area contributed by atoms with E-state index < -0.39 is 0 Å². The second-order valence-corrected chi connectivity index (χ2v) is 5.23. The van der Waals surface area contributed by atoms with Crippen molar-refractivity contribution in [2.75, 3.05) is 19.0 Å². The van der Waals surface area contributed by atoms with Gasteiger partial charge in [-0.1, -0.05) is 17.4 Å². The molecule has 0 unspecified atom stereocenters. The summed E-state index contributed by atoms with van der Waals surface area (Å²) in [5.74, 6) is -0.0554. The van der Waals surface area contributed by atoms with Crippen LogP contribution < -0.4 is 4.90 Å². The maximum absolute atomic E-state index is 9.67. The summed E-state index contributed by atoms with van der Waals surface area (Å²) < 4.78 is 9.09. The zero-order valence-corrected chi connectivity index (χ0v) is 11.8. The van der Waals surface area contributed by atoms with Gasteiger partial charge in [-0.25, -0.2) is 0 Å². The van der Waals surface area contributed by atoms with Crippen molar-refractivity contribution in [2.45, 2.75) is 4.90 Å². The second-order valence-electron chi connectivity index (χ2n) is 3.68. The lowest BCUT2D eigenvalue weighted by atomic mass is 10.3. The highest BCUT2D eigenvalue weighted by molar-refractivity contribution is 7.94. The summed E-state index contributed by atoms with van der Waals surface area (Å²) >= 11 is 1.77. The minimum atomic E-state index is -0.0554. The number of hydrogen-bond donors (Lipinski definition) is 2. The predicted octanol–water partition coefficient (Wildman–Crippen LogP) is 3.29. The van der Waals surface area contributed by atoms with Crippen molar-refractivity contribution in [3.05, 3.63) is 18.2 Å². The number of phenolic OH excluding ortho intramolecular Hbond substituents is 1. The Kier molecular flexibility index (Phi) is 4.30. The van der Waals surface area contributed by atoms with E-state index >= 15 is 0 Å². The number of anilines is 1. The van der Waals surface area contributed by atoms with E-state index in [1.54, 1.807) is 12.1 Å². The predicted molar refractivity (Wildman–Crippen MR) is 75.0 cm³/mol. The SMILES string of the molecule is CN(C)c1nnc(N=Nc2c(O)cccc2SO)s1. The van der Waals surface area contributed by atoms with E-state index in [2.05, 4.69) is 20.4 Å². The van der Waals surface area contributed by atoms with E-state index in [1.807, 2.05) is 19.0 Å². The van der Waals surface area contributed by atoms with Crippen LogP contribution in [0.5, 0.6) is 5.75 Å². The van der Waals surface area contributed by atoms with Crippen molar-refractivity contribution in [1.29, 1.82) is 0 Å². The van der Waals surface area contributed by atoms with Crippen molar-refractivity contribution >= 4 is 39.3 Å². The molecule has 19 heavy (non-hydrogen) atoms. The molecule has 1 heterocycles.